The van der Waals surface area contributed by atoms with Crippen LogP contribution in [0.25, 0.3) is 0 Å². The maximum absolute atomic E-state index is 5.21. The average molecular weight is 138 g/mol. The zero-order valence-electron chi connectivity index (χ0n) is 7.06. The molecule has 0 aliphatic rings. The third kappa shape index (κ3) is 7.10. The molecule has 0 rings (SSSR count). The minimum Gasteiger partial charge on any atom is -0.487 e. The number of ether oxygens (including phenoxy) is 1. The second-order valence-electron chi connectivity index (χ2n) is 2.93. The molecule has 0 fully saturated rings. The van der Waals surface area contributed by atoms with Gasteiger partial charge in [-0.25, -0.2) is 0 Å². The molecular formula is C9H14O. The van der Waals surface area contributed by atoms with Crippen LogP contribution in [0.2, 0.25) is 0 Å². The molecule has 1 heteroatoms. The van der Waals surface area contributed by atoms with Crippen molar-refractivity contribution in [2.75, 3.05) is 0 Å². The Balaban J connectivity index is 3.87. The fourth-order valence-corrected chi connectivity index (χ4v) is 0.324. The minimum atomic E-state index is -0.123. The molecule has 0 bridgehead atoms. The van der Waals surface area contributed by atoms with Crippen molar-refractivity contribution in [1.82, 2.24) is 0 Å². The highest BCUT2D eigenvalue weighted by atomic mass is 16.5. The molecule has 56 valence electrons. The molecule has 0 spiro atoms. The summed E-state index contributed by atoms with van der Waals surface area (Å²) in [7, 11) is 0. The minimum absolute atomic E-state index is 0.123. The molecule has 0 aliphatic carbocycles. The second kappa shape index (κ2) is 4.00. The molecular weight excluding hydrogens is 124 g/mol. The molecule has 0 saturated carbocycles. The Bertz CT molecular complexity index is 171. The van der Waals surface area contributed by atoms with E-state index in [9.17, 15) is 0 Å². The fraction of sp³-hybridized carbons (Fsp3) is 0.556. The SMILES string of the molecule is CC=C=C=COC(C)(C)C. The lowest BCUT2D eigenvalue weighted by Crippen LogP contribution is -2.14. The van der Waals surface area contributed by atoms with Crippen molar-refractivity contribution in [2.24, 2.45) is 0 Å². The summed E-state index contributed by atoms with van der Waals surface area (Å²) in [6.45, 7) is 7.85. The van der Waals surface area contributed by atoms with Crippen molar-refractivity contribution >= 4 is 0 Å². The van der Waals surface area contributed by atoms with Crippen LogP contribution < -0.4 is 0 Å². The first-order valence-corrected chi connectivity index (χ1v) is 3.34. The predicted octanol–water partition coefficient (Wildman–Crippen LogP) is 2.65. The van der Waals surface area contributed by atoms with Gasteiger partial charge in [-0.2, -0.15) is 0 Å². The summed E-state index contributed by atoms with van der Waals surface area (Å²) in [5.41, 5.74) is 5.38. The molecule has 0 N–H and O–H groups in total. The van der Waals surface area contributed by atoms with Crippen LogP contribution in [0.1, 0.15) is 27.7 Å². The van der Waals surface area contributed by atoms with Crippen molar-refractivity contribution in [3.05, 3.63) is 23.8 Å². The van der Waals surface area contributed by atoms with Crippen LogP contribution in [0, 0.1) is 0 Å². The Morgan fingerprint density at radius 2 is 1.80 bits per heavy atom. The van der Waals surface area contributed by atoms with E-state index in [4.69, 9.17) is 4.74 Å². The lowest BCUT2D eigenvalue weighted by Gasteiger charge is -2.16. The maximum atomic E-state index is 5.21. The van der Waals surface area contributed by atoms with Gasteiger partial charge in [0.2, 0.25) is 0 Å². The monoisotopic (exact) mass is 138 g/mol. The molecule has 0 heterocycles. The van der Waals surface area contributed by atoms with Gasteiger partial charge in [0.25, 0.3) is 0 Å². The summed E-state index contributed by atoms with van der Waals surface area (Å²) in [6.07, 6.45) is 3.31. The molecule has 0 aromatic heterocycles. The number of rotatable bonds is 1. The first-order valence-electron chi connectivity index (χ1n) is 3.34. The van der Waals surface area contributed by atoms with Crippen LogP contribution in [0.5, 0.6) is 0 Å². The van der Waals surface area contributed by atoms with Crippen LogP contribution in [-0.2, 0) is 4.74 Å². The van der Waals surface area contributed by atoms with Gasteiger partial charge in [0.15, 0.2) is 0 Å². The van der Waals surface area contributed by atoms with Crippen molar-refractivity contribution in [3.63, 3.8) is 0 Å². The number of allylic oxidation sites excluding steroid dienone is 1. The van der Waals surface area contributed by atoms with Crippen LogP contribution in [0.3, 0.4) is 0 Å². The highest BCUT2D eigenvalue weighted by Gasteiger charge is 2.06. The molecule has 10 heavy (non-hydrogen) atoms. The van der Waals surface area contributed by atoms with Crippen molar-refractivity contribution in [2.45, 2.75) is 33.3 Å². The Labute approximate surface area is 62.7 Å². The van der Waals surface area contributed by atoms with Gasteiger partial charge in [-0.15, -0.1) is 0 Å². The summed E-state index contributed by atoms with van der Waals surface area (Å²) >= 11 is 0. The van der Waals surface area contributed by atoms with E-state index in [1.807, 2.05) is 27.7 Å². The zero-order chi connectivity index (χ0) is 8.04. The van der Waals surface area contributed by atoms with E-state index in [0.717, 1.165) is 0 Å². The highest BCUT2D eigenvalue weighted by Crippen LogP contribution is 2.05. The molecule has 0 aliphatic heterocycles. The summed E-state index contributed by atoms with van der Waals surface area (Å²) in [5.74, 6) is 0. The van der Waals surface area contributed by atoms with Crippen molar-refractivity contribution in [3.8, 4) is 0 Å². The Morgan fingerprint density at radius 3 is 2.20 bits per heavy atom. The van der Waals surface area contributed by atoms with Crippen molar-refractivity contribution in [1.29, 1.82) is 0 Å². The maximum Gasteiger partial charge on any atom is 0.134 e. The summed E-state index contributed by atoms with van der Waals surface area (Å²) in [4.78, 5) is 0. The van der Waals surface area contributed by atoms with Gasteiger partial charge >= 0.3 is 0 Å². The van der Waals surface area contributed by atoms with Gasteiger partial charge in [-0.1, -0.05) is 5.73 Å². The van der Waals surface area contributed by atoms with E-state index in [1.165, 1.54) is 6.26 Å². The van der Waals surface area contributed by atoms with Gasteiger partial charge in [0.05, 0.1) is 0 Å². The topological polar surface area (TPSA) is 9.23 Å². The van der Waals surface area contributed by atoms with Crippen molar-refractivity contribution < 1.29 is 4.74 Å². The Hall–Kier alpha value is -0.900. The zero-order valence-corrected chi connectivity index (χ0v) is 7.06. The molecule has 0 aromatic rings. The largest absolute Gasteiger partial charge is 0.487 e. The number of hydrogen-bond donors (Lipinski definition) is 0. The van der Waals surface area contributed by atoms with Crippen LogP contribution >= 0.6 is 0 Å². The molecule has 0 amide bonds. The quantitative estimate of drug-likeness (QED) is 0.400. The normalized spacial score (nSPS) is 9.20. The summed E-state index contributed by atoms with van der Waals surface area (Å²) < 4.78 is 5.21. The smallest absolute Gasteiger partial charge is 0.134 e. The molecule has 0 aromatic carbocycles. The fourth-order valence-electron chi connectivity index (χ4n) is 0.324. The Kier molecular flexibility index (Phi) is 3.64. The first kappa shape index (κ1) is 9.10. The van der Waals surface area contributed by atoms with E-state index >= 15 is 0 Å². The van der Waals surface area contributed by atoms with E-state index in [0.29, 0.717) is 0 Å². The third-order valence-corrected chi connectivity index (χ3v) is 0.699. The molecule has 1 nitrogen and oxygen atoms in total. The van der Waals surface area contributed by atoms with E-state index in [1.54, 1.807) is 6.08 Å². The van der Waals surface area contributed by atoms with Gasteiger partial charge in [-0.3, -0.25) is 0 Å². The van der Waals surface area contributed by atoms with Gasteiger partial charge in [0, 0.05) is 0 Å². The highest BCUT2D eigenvalue weighted by molar-refractivity contribution is 4.80. The predicted molar refractivity (Wildman–Crippen MR) is 42.7 cm³/mol. The third-order valence-electron chi connectivity index (χ3n) is 0.699. The van der Waals surface area contributed by atoms with Gasteiger partial charge in [-0.05, 0) is 39.5 Å². The molecule has 0 atom stereocenters. The molecule has 0 saturated heterocycles. The summed E-state index contributed by atoms with van der Waals surface area (Å²) in [5, 5.41) is 0. The van der Waals surface area contributed by atoms with E-state index in [-0.39, 0.29) is 5.60 Å². The van der Waals surface area contributed by atoms with Crippen LogP contribution in [0.15, 0.2) is 23.8 Å². The molecule has 0 unspecified atom stereocenters. The Morgan fingerprint density at radius 1 is 1.20 bits per heavy atom. The summed E-state index contributed by atoms with van der Waals surface area (Å²) in [6, 6.07) is 0. The number of hydrogen-bond acceptors (Lipinski definition) is 1. The van der Waals surface area contributed by atoms with Crippen LogP contribution in [-0.4, -0.2) is 5.60 Å². The van der Waals surface area contributed by atoms with Gasteiger partial charge in [0.1, 0.15) is 11.9 Å². The first-order chi connectivity index (χ1) is 4.56. The lowest BCUT2D eigenvalue weighted by atomic mass is 10.2. The standard InChI is InChI=1S/C9H14O/c1-5-6-7-8-10-9(2,3)4/h5,8H,1-4H3. The van der Waals surface area contributed by atoms with E-state index < -0.39 is 0 Å². The lowest BCUT2D eigenvalue weighted by molar-refractivity contribution is 0.0771. The average Bonchev–Trinajstić information content (AvgIpc) is 1.78. The van der Waals surface area contributed by atoms with Gasteiger partial charge < -0.3 is 4.74 Å². The second-order valence-corrected chi connectivity index (χ2v) is 2.93. The van der Waals surface area contributed by atoms with E-state index in [2.05, 4.69) is 11.5 Å². The van der Waals surface area contributed by atoms with Crippen LogP contribution in [0.4, 0.5) is 0 Å². The molecule has 0 radical (unpaired) electrons.